The molecule has 0 fully saturated rings. The van der Waals surface area contributed by atoms with Crippen LogP contribution in [0.25, 0.3) is 0 Å². The van der Waals surface area contributed by atoms with E-state index in [1.165, 1.54) is 18.2 Å². The minimum absolute atomic E-state index is 0. The molecule has 0 atom stereocenters. The maximum Gasteiger partial charge on any atom is 0.175 e. The van der Waals surface area contributed by atoms with Crippen LogP contribution in [0.3, 0.4) is 0 Å². The fourth-order valence-electron chi connectivity index (χ4n) is 1.47. The van der Waals surface area contributed by atoms with Crippen LogP contribution in [0.2, 0.25) is 0 Å². The summed E-state index contributed by atoms with van der Waals surface area (Å²) in [6.45, 7) is 1.56. The number of nitrogens with two attached hydrogens (primary N) is 1. The molecule has 0 amide bonds. The van der Waals surface area contributed by atoms with E-state index >= 15 is 0 Å². The van der Waals surface area contributed by atoms with Gasteiger partial charge >= 0.3 is 0 Å². The number of aryl methyl sites for hydroxylation is 1. The smallest absolute Gasteiger partial charge is 0.175 e. The molecule has 0 aliphatic rings. The molecule has 0 saturated carbocycles. The topological polar surface area (TPSA) is 69.4 Å². The van der Waals surface area contributed by atoms with Gasteiger partial charge in [-0.2, -0.15) is 0 Å². The number of rotatable bonds is 5. The van der Waals surface area contributed by atoms with Gasteiger partial charge in [0, 0.05) is 12.8 Å². The van der Waals surface area contributed by atoms with Crippen molar-refractivity contribution in [1.29, 1.82) is 0 Å². The first-order valence-electron chi connectivity index (χ1n) is 5.32. The van der Waals surface area contributed by atoms with Crippen molar-refractivity contribution in [3.8, 4) is 5.75 Å². The zero-order chi connectivity index (χ0) is 13.8. The quantitative estimate of drug-likeness (QED) is 0.903. The predicted octanol–water partition coefficient (Wildman–Crippen LogP) is 2.01. The van der Waals surface area contributed by atoms with E-state index in [1.807, 2.05) is 0 Å². The van der Waals surface area contributed by atoms with E-state index in [0.717, 1.165) is 6.26 Å². The van der Waals surface area contributed by atoms with E-state index in [0.29, 0.717) is 11.3 Å². The Bertz CT molecular complexity index is 558. The number of halogens is 2. The van der Waals surface area contributed by atoms with Gasteiger partial charge in [0.2, 0.25) is 0 Å². The third-order valence-corrected chi connectivity index (χ3v) is 3.52. The summed E-state index contributed by atoms with van der Waals surface area (Å²) in [4.78, 5) is 0.243. The summed E-state index contributed by atoms with van der Waals surface area (Å²) in [6.07, 6.45) is 2.36. The molecule has 0 heterocycles. The highest BCUT2D eigenvalue weighted by Crippen LogP contribution is 2.21. The number of sulfone groups is 1. The first-order chi connectivity index (χ1) is 8.34. The number of benzene rings is 1. The monoisotopic (exact) mass is 309 g/mol. The Hall–Kier alpha value is -1.11. The van der Waals surface area contributed by atoms with Crippen molar-refractivity contribution >= 4 is 22.2 Å². The van der Waals surface area contributed by atoms with Crippen molar-refractivity contribution in [2.75, 3.05) is 19.4 Å². The molecule has 0 aliphatic carbocycles. The maximum atomic E-state index is 13.0. The second-order valence-electron chi connectivity index (χ2n) is 3.87. The normalized spacial score (nSPS) is 11.9. The Balaban J connectivity index is 0.00000324. The van der Waals surface area contributed by atoms with Crippen LogP contribution in [0.1, 0.15) is 5.56 Å². The van der Waals surface area contributed by atoms with Gasteiger partial charge in [0.25, 0.3) is 0 Å². The van der Waals surface area contributed by atoms with Crippen molar-refractivity contribution in [1.82, 2.24) is 0 Å². The maximum absolute atomic E-state index is 13.0. The van der Waals surface area contributed by atoms with E-state index < -0.39 is 15.7 Å². The SMILES string of the molecule is Cc1cc(OCC(F)=CCN)ccc1S(C)(=O)=O.Cl. The first kappa shape index (κ1) is 17.9. The molecular weight excluding hydrogens is 293 g/mol. The van der Waals surface area contributed by atoms with Gasteiger partial charge in [-0.1, -0.05) is 0 Å². The average molecular weight is 310 g/mol. The van der Waals surface area contributed by atoms with Crippen LogP contribution in [0.15, 0.2) is 35.0 Å². The van der Waals surface area contributed by atoms with Crippen LogP contribution in [0.5, 0.6) is 5.75 Å². The summed E-state index contributed by atoms with van der Waals surface area (Å²) in [7, 11) is -3.25. The Morgan fingerprint density at radius 1 is 1.47 bits per heavy atom. The summed E-state index contributed by atoms with van der Waals surface area (Å²) >= 11 is 0. The molecule has 108 valence electrons. The third-order valence-electron chi connectivity index (χ3n) is 2.26. The molecule has 0 aromatic heterocycles. The van der Waals surface area contributed by atoms with Gasteiger partial charge in [-0.3, -0.25) is 0 Å². The average Bonchev–Trinajstić information content (AvgIpc) is 2.25. The fraction of sp³-hybridized carbons (Fsp3) is 0.333. The van der Waals surface area contributed by atoms with E-state index in [4.69, 9.17) is 10.5 Å². The van der Waals surface area contributed by atoms with Crippen molar-refractivity contribution in [3.05, 3.63) is 35.7 Å². The lowest BCUT2D eigenvalue weighted by Gasteiger charge is -2.08. The van der Waals surface area contributed by atoms with Crippen LogP contribution in [-0.2, 0) is 9.84 Å². The zero-order valence-corrected chi connectivity index (χ0v) is 12.4. The predicted molar refractivity (Wildman–Crippen MR) is 75.3 cm³/mol. The highest BCUT2D eigenvalue weighted by Gasteiger charge is 2.11. The van der Waals surface area contributed by atoms with Crippen LogP contribution in [0.4, 0.5) is 4.39 Å². The minimum Gasteiger partial charge on any atom is -0.487 e. The number of ether oxygens (including phenoxy) is 1. The Morgan fingerprint density at radius 3 is 2.58 bits per heavy atom. The molecule has 4 nitrogen and oxygen atoms in total. The third kappa shape index (κ3) is 5.59. The molecule has 0 unspecified atom stereocenters. The van der Waals surface area contributed by atoms with Crippen LogP contribution >= 0.6 is 12.4 Å². The zero-order valence-electron chi connectivity index (χ0n) is 10.7. The molecule has 2 N–H and O–H groups in total. The van der Waals surface area contributed by atoms with Crippen molar-refractivity contribution < 1.29 is 17.5 Å². The highest BCUT2D eigenvalue weighted by atomic mass is 35.5. The van der Waals surface area contributed by atoms with E-state index in [2.05, 4.69) is 0 Å². The standard InChI is InChI=1S/C12H16FNO3S.ClH/c1-9-7-11(17-8-10(13)5-6-14)3-4-12(9)18(2,15)16;/h3-5,7H,6,8,14H2,1-2H3;1H. The minimum atomic E-state index is -3.25. The molecule has 0 bridgehead atoms. The lowest BCUT2D eigenvalue weighted by atomic mass is 10.2. The summed E-state index contributed by atoms with van der Waals surface area (Å²) in [5.41, 5.74) is 5.72. The molecule has 1 aromatic carbocycles. The van der Waals surface area contributed by atoms with Gasteiger partial charge in [-0.25, -0.2) is 12.8 Å². The van der Waals surface area contributed by atoms with E-state index in [9.17, 15) is 12.8 Å². The second kappa shape index (κ2) is 7.47. The van der Waals surface area contributed by atoms with Crippen molar-refractivity contribution in [2.45, 2.75) is 11.8 Å². The van der Waals surface area contributed by atoms with Crippen LogP contribution < -0.4 is 10.5 Å². The van der Waals surface area contributed by atoms with Gasteiger partial charge in [0.05, 0.1) is 4.90 Å². The molecule has 19 heavy (non-hydrogen) atoms. The second-order valence-corrected chi connectivity index (χ2v) is 5.86. The van der Waals surface area contributed by atoms with Crippen molar-refractivity contribution in [2.24, 2.45) is 5.73 Å². The molecule has 0 spiro atoms. The summed E-state index contributed by atoms with van der Waals surface area (Å²) in [5.74, 6) is -0.0391. The van der Waals surface area contributed by atoms with Gasteiger partial charge in [-0.15, -0.1) is 12.4 Å². The fourth-order valence-corrected chi connectivity index (χ4v) is 2.43. The molecule has 0 saturated heterocycles. The van der Waals surface area contributed by atoms with Gasteiger partial charge < -0.3 is 10.5 Å². The highest BCUT2D eigenvalue weighted by molar-refractivity contribution is 7.90. The first-order valence-corrected chi connectivity index (χ1v) is 7.22. The summed E-state index contributed by atoms with van der Waals surface area (Å²) in [6, 6.07) is 4.51. The molecule has 1 rings (SSSR count). The van der Waals surface area contributed by atoms with Gasteiger partial charge in [-0.05, 0) is 36.8 Å². The Morgan fingerprint density at radius 2 is 2.11 bits per heavy atom. The van der Waals surface area contributed by atoms with Crippen LogP contribution in [-0.4, -0.2) is 27.8 Å². The van der Waals surface area contributed by atoms with Crippen molar-refractivity contribution in [3.63, 3.8) is 0 Å². The summed E-state index contributed by atoms with van der Waals surface area (Å²) in [5, 5.41) is 0. The van der Waals surface area contributed by atoms with E-state index in [1.54, 1.807) is 13.0 Å². The molecule has 0 aliphatic heterocycles. The molecule has 7 heteroatoms. The molecular formula is C12H17ClFNO3S. The molecule has 1 aromatic rings. The largest absolute Gasteiger partial charge is 0.487 e. The molecule has 0 radical (unpaired) electrons. The lowest BCUT2D eigenvalue weighted by Crippen LogP contribution is -2.03. The Labute approximate surface area is 118 Å². The van der Waals surface area contributed by atoms with Crippen LogP contribution in [0, 0.1) is 6.92 Å². The number of hydrogen-bond donors (Lipinski definition) is 1. The van der Waals surface area contributed by atoms with Gasteiger partial charge in [0.15, 0.2) is 9.84 Å². The van der Waals surface area contributed by atoms with E-state index in [-0.39, 0.29) is 30.5 Å². The number of hydrogen-bond acceptors (Lipinski definition) is 4. The van der Waals surface area contributed by atoms with Gasteiger partial charge in [0.1, 0.15) is 18.2 Å². The Kier molecular flexibility index (Phi) is 7.04. The summed E-state index contributed by atoms with van der Waals surface area (Å²) < 4.78 is 41.0. The lowest BCUT2D eigenvalue weighted by molar-refractivity contribution is 0.318.